The van der Waals surface area contributed by atoms with E-state index >= 15 is 0 Å². The van der Waals surface area contributed by atoms with Crippen molar-refractivity contribution < 1.29 is 0 Å². The lowest BCUT2D eigenvalue weighted by molar-refractivity contribution is 0.311. The second-order valence-electron chi connectivity index (χ2n) is 5.15. The molecule has 0 fully saturated rings. The topological polar surface area (TPSA) is 26.0 Å². The number of nitrogens with two attached hydrogens (primary N) is 1. The lowest BCUT2D eigenvalue weighted by Crippen LogP contribution is -2.30. The van der Waals surface area contributed by atoms with E-state index in [0.717, 1.165) is 6.54 Å². The third kappa shape index (κ3) is 2.18. The highest BCUT2D eigenvalue weighted by molar-refractivity contribution is 9.10. The molecule has 0 heterocycles. The van der Waals surface area contributed by atoms with Gasteiger partial charge < -0.3 is 5.73 Å². The standard InChI is InChI=1S/C14H20BrN/c1-9(2)14-11(8-16)4-3-10-5-6-12(15)7-13(10)14/h5-7,9,11,14H,3-4,8,16H2,1-2H3. The number of hydrogen-bond donors (Lipinski definition) is 1. The quantitative estimate of drug-likeness (QED) is 0.879. The number of fused-ring (bicyclic) bond motifs is 1. The Labute approximate surface area is 107 Å². The second-order valence-corrected chi connectivity index (χ2v) is 6.06. The van der Waals surface area contributed by atoms with Gasteiger partial charge in [-0.25, -0.2) is 0 Å². The number of benzene rings is 1. The molecule has 1 aromatic rings. The molecule has 2 heteroatoms. The summed E-state index contributed by atoms with van der Waals surface area (Å²) < 4.78 is 1.19. The minimum absolute atomic E-state index is 0.631. The van der Waals surface area contributed by atoms with Crippen LogP contribution in [-0.4, -0.2) is 6.54 Å². The first-order valence-electron chi connectivity index (χ1n) is 6.12. The number of halogens is 1. The van der Waals surface area contributed by atoms with Crippen molar-refractivity contribution in [3.8, 4) is 0 Å². The minimum Gasteiger partial charge on any atom is -0.330 e. The summed E-state index contributed by atoms with van der Waals surface area (Å²) in [5.41, 5.74) is 8.95. The second kappa shape index (κ2) is 4.89. The Morgan fingerprint density at radius 1 is 1.44 bits per heavy atom. The Morgan fingerprint density at radius 3 is 2.81 bits per heavy atom. The molecule has 0 saturated carbocycles. The first kappa shape index (κ1) is 12.1. The van der Waals surface area contributed by atoms with Crippen molar-refractivity contribution in [1.29, 1.82) is 0 Å². The van der Waals surface area contributed by atoms with Crippen LogP contribution in [0.25, 0.3) is 0 Å². The summed E-state index contributed by atoms with van der Waals surface area (Å²) in [6.45, 7) is 5.43. The number of hydrogen-bond acceptors (Lipinski definition) is 1. The molecule has 2 N–H and O–H groups in total. The summed E-state index contributed by atoms with van der Waals surface area (Å²) in [5, 5.41) is 0. The normalized spacial score (nSPS) is 24.6. The Hall–Kier alpha value is -0.340. The zero-order valence-electron chi connectivity index (χ0n) is 10.0. The SMILES string of the molecule is CC(C)C1c2cc(Br)ccc2CCC1CN. The van der Waals surface area contributed by atoms with Crippen LogP contribution in [0.4, 0.5) is 0 Å². The molecule has 0 amide bonds. The molecule has 2 rings (SSSR count). The van der Waals surface area contributed by atoms with Gasteiger partial charge in [0.2, 0.25) is 0 Å². The molecular weight excluding hydrogens is 262 g/mol. The maximum Gasteiger partial charge on any atom is 0.0178 e. The highest BCUT2D eigenvalue weighted by Crippen LogP contribution is 2.41. The van der Waals surface area contributed by atoms with Gasteiger partial charge in [-0.15, -0.1) is 0 Å². The summed E-state index contributed by atoms with van der Waals surface area (Å²) >= 11 is 3.58. The fourth-order valence-electron chi connectivity index (χ4n) is 3.05. The summed E-state index contributed by atoms with van der Waals surface area (Å²) in [4.78, 5) is 0. The average Bonchev–Trinajstić information content (AvgIpc) is 2.26. The zero-order chi connectivity index (χ0) is 11.7. The molecule has 0 saturated heterocycles. The Morgan fingerprint density at radius 2 is 2.19 bits per heavy atom. The predicted molar refractivity (Wildman–Crippen MR) is 72.6 cm³/mol. The highest BCUT2D eigenvalue weighted by Gasteiger charge is 2.30. The fourth-order valence-corrected chi connectivity index (χ4v) is 3.42. The third-order valence-corrected chi connectivity index (χ3v) is 4.27. The van der Waals surface area contributed by atoms with Crippen molar-refractivity contribution >= 4 is 15.9 Å². The first-order chi connectivity index (χ1) is 7.63. The van der Waals surface area contributed by atoms with Gasteiger partial charge in [0, 0.05) is 4.47 Å². The molecule has 1 aliphatic rings. The minimum atomic E-state index is 0.631. The predicted octanol–water partition coefficient (Wildman–Crippen LogP) is 3.71. The van der Waals surface area contributed by atoms with Crippen LogP contribution in [0.3, 0.4) is 0 Å². The van der Waals surface area contributed by atoms with Gasteiger partial charge in [-0.05, 0) is 60.4 Å². The maximum atomic E-state index is 5.91. The van der Waals surface area contributed by atoms with Crippen LogP contribution in [0, 0.1) is 11.8 Å². The van der Waals surface area contributed by atoms with Crippen molar-refractivity contribution in [3.05, 3.63) is 33.8 Å². The average molecular weight is 282 g/mol. The van der Waals surface area contributed by atoms with E-state index < -0.39 is 0 Å². The van der Waals surface area contributed by atoms with Crippen molar-refractivity contribution in [3.63, 3.8) is 0 Å². The van der Waals surface area contributed by atoms with Crippen molar-refractivity contribution in [2.75, 3.05) is 6.54 Å². The molecule has 0 spiro atoms. The fraction of sp³-hybridized carbons (Fsp3) is 0.571. The highest BCUT2D eigenvalue weighted by atomic mass is 79.9. The zero-order valence-corrected chi connectivity index (χ0v) is 11.6. The molecular formula is C14H20BrN. The van der Waals surface area contributed by atoms with Gasteiger partial charge in [-0.3, -0.25) is 0 Å². The van der Waals surface area contributed by atoms with E-state index in [1.165, 1.54) is 28.4 Å². The lowest BCUT2D eigenvalue weighted by Gasteiger charge is -2.36. The van der Waals surface area contributed by atoms with E-state index in [2.05, 4.69) is 48.0 Å². The molecule has 16 heavy (non-hydrogen) atoms. The van der Waals surface area contributed by atoms with Gasteiger partial charge >= 0.3 is 0 Å². The van der Waals surface area contributed by atoms with Gasteiger partial charge in [0.15, 0.2) is 0 Å². The summed E-state index contributed by atoms with van der Waals surface area (Å²) in [5.74, 6) is 1.95. The smallest absolute Gasteiger partial charge is 0.0178 e. The Balaban J connectivity index is 2.43. The van der Waals surface area contributed by atoms with Crippen LogP contribution in [-0.2, 0) is 6.42 Å². The van der Waals surface area contributed by atoms with Gasteiger partial charge in [0.05, 0.1) is 0 Å². The molecule has 2 atom stereocenters. The van der Waals surface area contributed by atoms with Crippen LogP contribution in [0.15, 0.2) is 22.7 Å². The first-order valence-corrected chi connectivity index (χ1v) is 6.91. The van der Waals surface area contributed by atoms with Crippen LogP contribution in [0.5, 0.6) is 0 Å². The van der Waals surface area contributed by atoms with Gasteiger partial charge in [0.1, 0.15) is 0 Å². The van der Waals surface area contributed by atoms with Crippen molar-refractivity contribution in [1.82, 2.24) is 0 Å². The Bertz CT molecular complexity index is 373. The monoisotopic (exact) mass is 281 g/mol. The molecule has 0 radical (unpaired) electrons. The molecule has 2 unspecified atom stereocenters. The molecule has 88 valence electrons. The van der Waals surface area contributed by atoms with Gasteiger partial charge in [-0.1, -0.05) is 35.8 Å². The van der Waals surface area contributed by atoms with E-state index in [1.807, 2.05) is 0 Å². The lowest BCUT2D eigenvalue weighted by atomic mass is 9.70. The Kier molecular flexibility index (Phi) is 3.70. The molecule has 1 aliphatic carbocycles. The largest absolute Gasteiger partial charge is 0.330 e. The number of rotatable bonds is 2. The van der Waals surface area contributed by atoms with E-state index in [4.69, 9.17) is 5.73 Å². The van der Waals surface area contributed by atoms with Crippen LogP contribution in [0.1, 0.15) is 37.3 Å². The van der Waals surface area contributed by atoms with E-state index in [-0.39, 0.29) is 0 Å². The van der Waals surface area contributed by atoms with E-state index in [1.54, 1.807) is 0 Å². The maximum absolute atomic E-state index is 5.91. The van der Waals surface area contributed by atoms with Crippen LogP contribution in [0.2, 0.25) is 0 Å². The van der Waals surface area contributed by atoms with Crippen LogP contribution < -0.4 is 5.73 Å². The molecule has 0 aromatic heterocycles. The van der Waals surface area contributed by atoms with Gasteiger partial charge in [0.25, 0.3) is 0 Å². The molecule has 0 aliphatic heterocycles. The van der Waals surface area contributed by atoms with Crippen molar-refractivity contribution in [2.45, 2.75) is 32.6 Å². The third-order valence-electron chi connectivity index (χ3n) is 3.78. The number of aryl methyl sites for hydroxylation is 1. The van der Waals surface area contributed by atoms with Gasteiger partial charge in [-0.2, -0.15) is 0 Å². The van der Waals surface area contributed by atoms with E-state index in [9.17, 15) is 0 Å². The van der Waals surface area contributed by atoms with Crippen molar-refractivity contribution in [2.24, 2.45) is 17.6 Å². The van der Waals surface area contributed by atoms with E-state index in [0.29, 0.717) is 17.8 Å². The molecule has 0 bridgehead atoms. The molecule has 1 nitrogen and oxygen atoms in total. The summed E-state index contributed by atoms with van der Waals surface area (Å²) in [6, 6.07) is 6.71. The summed E-state index contributed by atoms with van der Waals surface area (Å²) in [7, 11) is 0. The summed E-state index contributed by atoms with van der Waals surface area (Å²) in [6.07, 6.45) is 2.43. The van der Waals surface area contributed by atoms with Crippen LogP contribution >= 0.6 is 15.9 Å². The molecule has 1 aromatic carbocycles.